The number of thiazole rings is 1. The summed E-state index contributed by atoms with van der Waals surface area (Å²) in [5.74, 6) is 1.56. The molecule has 6 heteroatoms. The quantitative estimate of drug-likeness (QED) is 0.616. The van der Waals surface area contributed by atoms with Crippen LogP contribution in [0.4, 0.5) is 16.5 Å². The molecular weight excluding hydrogens is 358 g/mol. The summed E-state index contributed by atoms with van der Waals surface area (Å²) in [5, 5.41) is 6.38. The molecule has 0 atom stereocenters. The third-order valence-electron chi connectivity index (χ3n) is 4.75. The van der Waals surface area contributed by atoms with Gasteiger partial charge in [-0.2, -0.15) is 0 Å². The maximum absolute atomic E-state index is 5.46. The van der Waals surface area contributed by atoms with Gasteiger partial charge in [0.25, 0.3) is 0 Å². The third-order valence-corrected chi connectivity index (χ3v) is 5.51. The van der Waals surface area contributed by atoms with Crippen molar-refractivity contribution in [3.8, 4) is 22.8 Å². The maximum atomic E-state index is 5.46. The number of ether oxygens (including phenoxy) is 2. The molecule has 0 fully saturated rings. The number of nitrogens with one attached hydrogen (secondary N) is 1. The molecule has 1 aromatic heterocycles. The van der Waals surface area contributed by atoms with E-state index >= 15 is 0 Å². The fraction of sp³-hybridized carbons (Fsp3) is 0.286. The van der Waals surface area contributed by atoms with Crippen molar-refractivity contribution in [3.05, 3.63) is 47.3 Å². The molecule has 0 radical (unpaired) electrons. The SMILES string of the molecule is CCN(CC)c1ccc(Nc2nc(-c3ccc4c(c3)OCO4)cs2)c(C)c1. The molecule has 5 nitrogen and oxygen atoms in total. The highest BCUT2D eigenvalue weighted by Crippen LogP contribution is 2.37. The Morgan fingerprint density at radius 2 is 1.89 bits per heavy atom. The van der Waals surface area contributed by atoms with Gasteiger partial charge in [-0.1, -0.05) is 0 Å². The first-order valence-electron chi connectivity index (χ1n) is 9.16. The van der Waals surface area contributed by atoms with Gasteiger partial charge in [-0.25, -0.2) is 4.98 Å². The van der Waals surface area contributed by atoms with Crippen LogP contribution >= 0.6 is 11.3 Å². The summed E-state index contributed by atoms with van der Waals surface area (Å²) in [6, 6.07) is 12.4. The molecule has 0 aliphatic carbocycles. The average Bonchev–Trinajstić information content (AvgIpc) is 3.33. The van der Waals surface area contributed by atoms with Crippen LogP contribution in [0.25, 0.3) is 11.3 Å². The monoisotopic (exact) mass is 381 g/mol. The second kappa shape index (κ2) is 7.48. The van der Waals surface area contributed by atoms with Crippen LogP contribution in [0, 0.1) is 6.92 Å². The molecule has 2 aromatic carbocycles. The van der Waals surface area contributed by atoms with Gasteiger partial charge in [0.1, 0.15) is 0 Å². The summed E-state index contributed by atoms with van der Waals surface area (Å²) < 4.78 is 10.8. The number of hydrogen-bond acceptors (Lipinski definition) is 6. The number of hydrogen-bond donors (Lipinski definition) is 1. The summed E-state index contributed by atoms with van der Waals surface area (Å²) in [6.07, 6.45) is 0. The summed E-state index contributed by atoms with van der Waals surface area (Å²) in [4.78, 5) is 7.08. The van der Waals surface area contributed by atoms with E-state index in [1.807, 2.05) is 18.2 Å². The van der Waals surface area contributed by atoms with Gasteiger partial charge in [-0.15, -0.1) is 11.3 Å². The molecule has 3 aromatic rings. The minimum absolute atomic E-state index is 0.283. The molecule has 1 aliphatic heterocycles. The maximum Gasteiger partial charge on any atom is 0.231 e. The van der Waals surface area contributed by atoms with E-state index in [1.165, 1.54) is 11.3 Å². The van der Waals surface area contributed by atoms with Gasteiger partial charge in [-0.05, 0) is 62.7 Å². The van der Waals surface area contributed by atoms with E-state index in [4.69, 9.17) is 14.5 Å². The molecule has 1 aliphatic rings. The molecular formula is C21H23N3O2S. The standard InChI is InChI=1S/C21H23N3O2S/c1-4-24(5-2)16-7-8-17(14(3)10-16)22-21-23-18(12-27-21)15-6-9-19-20(11-15)26-13-25-19/h6-12H,4-5,13H2,1-3H3,(H,22,23). The predicted molar refractivity (Wildman–Crippen MR) is 112 cm³/mol. The summed E-state index contributed by atoms with van der Waals surface area (Å²) in [5.41, 5.74) is 5.50. The summed E-state index contributed by atoms with van der Waals surface area (Å²) in [7, 11) is 0. The molecule has 27 heavy (non-hydrogen) atoms. The lowest BCUT2D eigenvalue weighted by Crippen LogP contribution is -2.21. The van der Waals surface area contributed by atoms with Gasteiger partial charge >= 0.3 is 0 Å². The number of aromatic nitrogens is 1. The first-order chi connectivity index (χ1) is 13.2. The molecule has 2 heterocycles. The van der Waals surface area contributed by atoms with Crippen LogP contribution in [0.1, 0.15) is 19.4 Å². The van der Waals surface area contributed by atoms with Crippen molar-refractivity contribution in [3.63, 3.8) is 0 Å². The molecule has 0 bridgehead atoms. The van der Waals surface area contributed by atoms with Crippen molar-refractivity contribution in [2.24, 2.45) is 0 Å². The van der Waals surface area contributed by atoms with E-state index in [1.54, 1.807) is 11.3 Å². The molecule has 140 valence electrons. The van der Waals surface area contributed by atoms with Crippen LogP contribution in [0.2, 0.25) is 0 Å². The van der Waals surface area contributed by atoms with E-state index in [0.717, 1.165) is 46.7 Å². The molecule has 0 saturated carbocycles. The zero-order chi connectivity index (χ0) is 18.8. The van der Waals surface area contributed by atoms with Gasteiger partial charge in [0.05, 0.1) is 5.69 Å². The number of benzene rings is 2. The Morgan fingerprint density at radius 1 is 1.07 bits per heavy atom. The number of rotatable bonds is 6. The Labute approximate surface area is 163 Å². The van der Waals surface area contributed by atoms with Crippen molar-refractivity contribution >= 4 is 27.8 Å². The first kappa shape index (κ1) is 17.7. The van der Waals surface area contributed by atoms with Gasteiger partial charge in [0.2, 0.25) is 6.79 Å². The van der Waals surface area contributed by atoms with Crippen LogP contribution in [0.15, 0.2) is 41.8 Å². The predicted octanol–water partition coefficient (Wildman–Crippen LogP) is 5.44. The summed E-state index contributed by atoms with van der Waals surface area (Å²) in [6.45, 7) is 8.78. The Kier molecular flexibility index (Phi) is 4.90. The highest BCUT2D eigenvalue weighted by molar-refractivity contribution is 7.14. The highest BCUT2D eigenvalue weighted by atomic mass is 32.1. The molecule has 0 unspecified atom stereocenters. The second-order valence-electron chi connectivity index (χ2n) is 6.40. The number of anilines is 3. The Hall–Kier alpha value is -2.73. The van der Waals surface area contributed by atoms with E-state index in [9.17, 15) is 0 Å². The van der Waals surface area contributed by atoms with E-state index in [-0.39, 0.29) is 6.79 Å². The highest BCUT2D eigenvalue weighted by Gasteiger charge is 2.15. The minimum Gasteiger partial charge on any atom is -0.454 e. The molecule has 1 N–H and O–H groups in total. The fourth-order valence-corrected chi connectivity index (χ4v) is 3.94. The molecule has 0 amide bonds. The largest absolute Gasteiger partial charge is 0.454 e. The van der Waals surface area contributed by atoms with Gasteiger partial charge in [0.15, 0.2) is 16.6 Å². The van der Waals surface area contributed by atoms with E-state index in [0.29, 0.717) is 0 Å². The number of nitrogens with zero attached hydrogens (tertiary/aromatic N) is 2. The zero-order valence-electron chi connectivity index (χ0n) is 15.8. The summed E-state index contributed by atoms with van der Waals surface area (Å²) >= 11 is 1.60. The van der Waals surface area contributed by atoms with E-state index < -0.39 is 0 Å². The van der Waals surface area contributed by atoms with Crippen LogP contribution in [0.5, 0.6) is 11.5 Å². The Balaban J connectivity index is 1.53. The minimum atomic E-state index is 0.283. The van der Waals surface area contributed by atoms with E-state index in [2.05, 4.69) is 54.6 Å². The van der Waals surface area contributed by atoms with Crippen LogP contribution in [0.3, 0.4) is 0 Å². The van der Waals surface area contributed by atoms with Gasteiger partial charge in [-0.3, -0.25) is 0 Å². The third kappa shape index (κ3) is 3.57. The fourth-order valence-electron chi connectivity index (χ4n) is 3.21. The van der Waals surface area contributed by atoms with Crippen LogP contribution in [-0.2, 0) is 0 Å². The van der Waals surface area contributed by atoms with Crippen molar-refractivity contribution in [2.45, 2.75) is 20.8 Å². The van der Waals surface area contributed by atoms with Crippen LogP contribution < -0.4 is 19.7 Å². The Bertz CT molecular complexity index is 950. The van der Waals surface area contributed by atoms with Crippen molar-refractivity contribution in [1.29, 1.82) is 0 Å². The lowest BCUT2D eigenvalue weighted by atomic mass is 10.1. The first-order valence-corrected chi connectivity index (χ1v) is 10.0. The lowest BCUT2D eigenvalue weighted by Gasteiger charge is -2.22. The normalized spacial score (nSPS) is 12.3. The number of aryl methyl sites for hydroxylation is 1. The lowest BCUT2D eigenvalue weighted by molar-refractivity contribution is 0.174. The molecule has 4 rings (SSSR count). The molecule has 0 saturated heterocycles. The zero-order valence-corrected chi connectivity index (χ0v) is 16.6. The van der Waals surface area contributed by atoms with Crippen molar-refractivity contribution in [2.75, 3.05) is 30.1 Å². The van der Waals surface area contributed by atoms with Crippen LogP contribution in [-0.4, -0.2) is 24.9 Å². The topological polar surface area (TPSA) is 46.6 Å². The average molecular weight is 382 g/mol. The van der Waals surface area contributed by atoms with Gasteiger partial charge in [0, 0.05) is 35.4 Å². The van der Waals surface area contributed by atoms with Crippen molar-refractivity contribution < 1.29 is 9.47 Å². The molecule has 0 spiro atoms. The number of fused-ring (bicyclic) bond motifs is 1. The second-order valence-corrected chi connectivity index (χ2v) is 7.26. The van der Waals surface area contributed by atoms with Crippen molar-refractivity contribution in [1.82, 2.24) is 4.98 Å². The van der Waals surface area contributed by atoms with Gasteiger partial charge < -0.3 is 19.7 Å². The smallest absolute Gasteiger partial charge is 0.231 e. The Morgan fingerprint density at radius 3 is 2.67 bits per heavy atom.